The molecule has 1 heterocycles. The highest BCUT2D eigenvalue weighted by Gasteiger charge is 2.14. The number of aliphatic hydroxyl groups is 1. The molecular weight excluding hydrogens is 276 g/mol. The first-order valence-electron chi connectivity index (χ1n) is 7.09. The Balaban J connectivity index is 2.42. The lowest BCUT2D eigenvalue weighted by Crippen LogP contribution is -2.32. The van der Waals surface area contributed by atoms with Gasteiger partial charge in [0.05, 0.1) is 0 Å². The number of carbonyl (C=O) groups is 1. The van der Waals surface area contributed by atoms with Crippen molar-refractivity contribution in [3.8, 4) is 0 Å². The van der Waals surface area contributed by atoms with Gasteiger partial charge in [-0.1, -0.05) is 32.1 Å². The number of amides is 2. The van der Waals surface area contributed by atoms with Gasteiger partial charge >= 0.3 is 6.03 Å². The molecule has 0 aliphatic carbocycles. The molecule has 0 saturated carbocycles. The van der Waals surface area contributed by atoms with Gasteiger partial charge in [0.1, 0.15) is 5.01 Å². The van der Waals surface area contributed by atoms with Crippen LogP contribution in [0.3, 0.4) is 0 Å². The average molecular weight is 300 g/mol. The summed E-state index contributed by atoms with van der Waals surface area (Å²) in [6, 6.07) is -0.276. The van der Waals surface area contributed by atoms with E-state index in [-0.39, 0.29) is 18.6 Å². The smallest absolute Gasteiger partial charge is 0.321 e. The molecule has 3 N–H and O–H groups in total. The molecule has 7 heteroatoms. The van der Waals surface area contributed by atoms with Crippen LogP contribution < -0.4 is 10.6 Å². The Kier molecular flexibility index (Phi) is 7.46. The quantitative estimate of drug-likeness (QED) is 0.688. The number of nitrogens with one attached hydrogen (secondary N) is 2. The Hall–Kier alpha value is -1.21. The number of aromatic nitrogens is 2. The topological polar surface area (TPSA) is 87.1 Å². The predicted octanol–water partition coefficient (Wildman–Crippen LogP) is 2.58. The summed E-state index contributed by atoms with van der Waals surface area (Å²) in [7, 11) is 0. The lowest BCUT2D eigenvalue weighted by molar-refractivity contribution is 0.243. The lowest BCUT2D eigenvalue weighted by atomic mass is 10.1. The fourth-order valence-corrected chi connectivity index (χ4v) is 2.82. The van der Waals surface area contributed by atoms with Gasteiger partial charge in [0.25, 0.3) is 0 Å². The molecule has 0 bridgehead atoms. The molecule has 1 rings (SSSR count). The molecular formula is C13H24N4O2S. The van der Waals surface area contributed by atoms with Crippen molar-refractivity contribution in [3.63, 3.8) is 0 Å². The van der Waals surface area contributed by atoms with Crippen LogP contribution in [-0.4, -0.2) is 34.5 Å². The number of anilines is 1. The molecule has 0 saturated heterocycles. The molecule has 1 aromatic heterocycles. The molecule has 114 valence electrons. The van der Waals surface area contributed by atoms with Gasteiger partial charge in [-0.25, -0.2) is 4.79 Å². The predicted molar refractivity (Wildman–Crippen MR) is 81.1 cm³/mol. The van der Waals surface area contributed by atoms with Gasteiger partial charge in [-0.05, 0) is 25.2 Å². The summed E-state index contributed by atoms with van der Waals surface area (Å²) < 4.78 is 0. The summed E-state index contributed by atoms with van der Waals surface area (Å²) >= 11 is 1.43. The van der Waals surface area contributed by atoms with Crippen LogP contribution in [0.4, 0.5) is 9.93 Å². The van der Waals surface area contributed by atoms with E-state index in [1.807, 2.05) is 6.92 Å². The van der Waals surface area contributed by atoms with Crippen molar-refractivity contribution in [2.75, 3.05) is 18.5 Å². The van der Waals surface area contributed by atoms with Crippen molar-refractivity contribution < 1.29 is 9.90 Å². The number of aliphatic hydroxyl groups excluding tert-OH is 1. The summed E-state index contributed by atoms with van der Waals surface area (Å²) in [5.41, 5.74) is 0. The number of hydrogen-bond donors (Lipinski definition) is 3. The van der Waals surface area contributed by atoms with Crippen LogP contribution in [-0.2, 0) is 0 Å². The minimum Gasteiger partial charge on any atom is -0.396 e. The molecule has 0 aliphatic heterocycles. The van der Waals surface area contributed by atoms with E-state index in [1.54, 1.807) is 0 Å². The first-order valence-corrected chi connectivity index (χ1v) is 7.91. The van der Waals surface area contributed by atoms with Crippen LogP contribution in [0.15, 0.2) is 0 Å². The van der Waals surface area contributed by atoms with E-state index in [2.05, 4.69) is 34.7 Å². The van der Waals surface area contributed by atoms with E-state index >= 15 is 0 Å². The Morgan fingerprint density at radius 3 is 2.65 bits per heavy atom. The summed E-state index contributed by atoms with van der Waals surface area (Å²) in [6.07, 6.45) is 2.73. The molecule has 1 aromatic rings. The molecule has 2 amide bonds. The second-order valence-electron chi connectivity index (χ2n) is 4.91. The molecule has 0 spiro atoms. The summed E-state index contributed by atoms with van der Waals surface area (Å²) in [5.74, 6) is 0.663. The molecule has 0 aliphatic rings. The highest BCUT2D eigenvalue weighted by molar-refractivity contribution is 7.15. The first kappa shape index (κ1) is 16.8. The van der Waals surface area contributed by atoms with Gasteiger partial charge in [0.15, 0.2) is 0 Å². The summed E-state index contributed by atoms with van der Waals surface area (Å²) in [6.45, 7) is 6.90. The van der Waals surface area contributed by atoms with Crippen LogP contribution in [0, 0.1) is 5.92 Å². The molecule has 1 atom stereocenters. The Morgan fingerprint density at radius 2 is 2.05 bits per heavy atom. The SMILES string of the molecule is CCC(CC)c1nnc(NC(=O)NCC(C)CCO)s1. The van der Waals surface area contributed by atoms with Crippen molar-refractivity contribution in [3.05, 3.63) is 5.01 Å². The molecule has 0 aromatic carbocycles. The monoisotopic (exact) mass is 300 g/mol. The minimum absolute atomic E-state index is 0.139. The Bertz CT molecular complexity index is 407. The first-order chi connectivity index (χ1) is 9.60. The van der Waals surface area contributed by atoms with Crippen LogP contribution in [0.5, 0.6) is 0 Å². The van der Waals surface area contributed by atoms with Crippen molar-refractivity contribution in [2.45, 2.75) is 46.0 Å². The van der Waals surface area contributed by atoms with E-state index < -0.39 is 0 Å². The normalized spacial score (nSPS) is 12.4. The zero-order chi connectivity index (χ0) is 15.0. The fourth-order valence-electron chi connectivity index (χ4n) is 1.82. The maximum Gasteiger partial charge on any atom is 0.321 e. The average Bonchev–Trinajstić information content (AvgIpc) is 2.87. The van der Waals surface area contributed by atoms with Gasteiger partial charge in [-0.15, -0.1) is 10.2 Å². The Labute approximate surface area is 124 Å². The van der Waals surface area contributed by atoms with Crippen LogP contribution in [0.1, 0.15) is 51.0 Å². The third-order valence-electron chi connectivity index (χ3n) is 3.23. The Morgan fingerprint density at radius 1 is 1.35 bits per heavy atom. The molecule has 1 unspecified atom stereocenters. The molecule has 0 radical (unpaired) electrons. The van der Waals surface area contributed by atoms with Gasteiger partial charge in [0, 0.05) is 19.1 Å². The molecule has 6 nitrogen and oxygen atoms in total. The van der Waals surface area contributed by atoms with Crippen molar-refractivity contribution in [1.82, 2.24) is 15.5 Å². The number of nitrogens with zero attached hydrogens (tertiary/aromatic N) is 2. The van der Waals surface area contributed by atoms with Crippen molar-refractivity contribution in [2.24, 2.45) is 5.92 Å². The van der Waals surface area contributed by atoms with E-state index in [9.17, 15) is 4.79 Å². The number of carbonyl (C=O) groups excluding carboxylic acids is 1. The third-order valence-corrected chi connectivity index (χ3v) is 4.23. The van der Waals surface area contributed by atoms with E-state index in [4.69, 9.17) is 5.11 Å². The highest BCUT2D eigenvalue weighted by Crippen LogP contribution is 2.27. The molecule has 0 fully saturated rings. The highest BCUT2D eigenvalue weighted by atomic mass is 32.1. The zero-order valence-electron chi connectivity index (χ0n) is 12.3. The number of hydrogen-bond acceptors (Lipinski definition) is 5. The largest absolute Gasteiger partial charge is 0.396 e. The van der Waals surface area contributed by atoms with Crippen LogP contribution >= 0.6 is 11.3 Å². The van der Waals surface area contributed by atoms with Gasteiger partial charge in [0.2, 0.25) is 5.13 Å². The van der Waals surface area contributed by atoms with E-state index in [0.717, 1.165) is 17.8 Å². The van der Waals surface area contributed by atoms with Crippen molar-refractivity contribution >= 4 is 22.5 Å². The second kappa shape index (κ2) is 8.86. The minimum atomic E-state index is -0.276. The second-order valence-corrected chi connectivity index (χ2v) is 5.92. The standard InChI is InChI=1S/C13H24N4O2S/c1-4-10(5-2)11-16-17-13(20-11)15-12(19)14-8-9(3)6-7-18/h9-10,18H,4-8H2,1-3H3,(H2,14,15,17,19). The zero-order valence-corrected chi connectivity index (χ0v) is 13.2. The maximum absolute atomic E-state index is 11.7. The van der Waals surface area contributed by atoms with Crippen LogP contribution in [0.2, 0.25) is 0 Å². The maximum atomic E-state index is 11.7. The summed E-state index contributed by atoms with van der Waals surface area (Å²) in [4.78, 5) is 11.7. The van der Waals surface area contributed by atoms with Crippen LogP contribution in [0.25, 0.3) is 0 Å². The molecule has 20 heavy (non-hydrogen) atoms. The third kappa shape index (κ3) is 5.42. The van der Waals surface area contributed by atoms with Gasteiger partial charge < -0.3 is 10.4 Å². The van der Waals surface area contributed by atoms with E-state index in [1.165, 1.54) is 11.3 Å². The lowest BCUT2D eigenvalue weighted by Gasteiger charge is -2.10. The van der Waals surface area contributed by atoms with E-state index in [0.29, 0.717) is 24.0 Å². The number of rotatable bonds is 8. The number of urea groups is 1. The van der Waals surface area contributed by atoms with Gasteiger partial charge in [-0.3, -0.25) is 5.32 Å². The fraction of sp³-hybridized carbons (Fsp3) is 0.769. The van der Waals surface area contributed by atoms with Gasteiger partial charge in [-0.2, -0.15) is 0 Å². The van der Waals surface area contributed by atoms with Crippen molar-refractivity contribution in [1.29, 1.82) is 0 Å². The summed E-state index contributed by atoms with van der Waals surface area (Å²) in [5, 5.41) is 23.9.